The van der Waals surface area contributed by atoms with Crippen LogP contribution >= 0.6 is 0 Å². The lowest BCUT2D eigenvalue weighted by Crippen LogP contribution is -2.40. The number of nitrogens with one attached hydrogen (secondary N) is 2. The number of carbonyl (C=O) groups excluding carboxylic acids is 1. The summed E-state index contributed by atoms with van der Waals surface area (Å²) in [4.78, 5) is 28.9. The number of carbonyl (C=O) groups is 1. The molecule has 4 rings (SSSR count). The standard InChI is InChI=1S/C26H39N7O2/c1-21(35-22-10-4-3-5-11-22)25(34)28-13-19-31(2)18-12-27-23-20-24(32-14-6-7-15-32)30-26(29-23)33-16-8-9-17-33/h3-5,10-11,20-21H,6-9,12-19H2,1-2H3,(H,28,34)(H,27,29,30). The van der Waals surface area contributed by atoms with E-state index in [1.165, 1.54) is 25.7 Å². The first-order valence-electron chi connectivity index (χ1n) is 12.9. The second kappa shape index (κ2) is 12.6. The number of aromatic nitrogens is 2. The van der Waals surface area contributed by atoms with Gasteiger partial charge in [0.15, 0.2) is 6.10 Å². The van der Waals surface area contributed by atoms with E-state index < -0.39 is 6.10 Å². The summed E-state index contributed by atoms with van der Waals surface area (Å²) < 4.78 is 5.69. The van der Waals surface area contributed by atoms with Gasteiger partial charge in [-0.15, -0.1) is 0 Å². The first-order chi connectivity index (χ1) is 17.1. The number of ether oxygens (including phenoxy) is 1. The van der Waals surface area contributed by atoms with Crippen molar-refractivity contribution in [3.05, 3.63) is 36.4 Å². The van der Waals surface area contributed by atoms with Crippen molar-refractivity contribution in [2.45, 2.75) is 38.7 Å². The van der Waals surface area contributed by atoms with Crippen molar-refractivity contribution in [2.75, 3.05) is 74.5 Å². The van der Waals surface area contributed by atoms with E-state index in [1.54, 1.807) is 6.92 Å². The fourth-order valence-corrected chi connectivity index (χ4v) is 4.44. The highest BCUT2D eigenvalue weighted by molar-refractivity contribution is 5.80. The third-order valence-corrected chi connectivity index (χ3v) is 6.54. The smallest absolute Gasteiger partial charge is 0.260 e. The molecule has 1 aromatic carbocycles. The van der Waals surface area contributed by atoms with E-state index in [0.29, 0.717) is 12.3 Å². The summed E-state index contributed by atoms with van der Waals surface area (Å²) in [5.74, 6) is 3.36. The number of hydrogen-bond donors (Lipinski definition) is 2. The molecule has 2 aliphatic rings. The lowest BCUT2D eigenvalue weighted by Gasteiger charge is -2.22. The molecule has 0 aliphatic carbocycles. The van der Waals surface area contributed by atoms with Crippen LogP contribution in [0.5, 0.6) is 5.75 Å². The molecule has 2 fully saturated rings. The Morgan fingerprint density at radius 1 is 1.00 bits per heavy atom. The Morgan fingerprint density at radius 3 is 2.37 bits per heavy atom. The molecule has 1 amide bonds. The van der Waals surface area contributed by atoms with Crippen LogP contribution in [0.25, 0.3) is 0 Å². The fourth-order valence-electron chi connectivity index (χ4n) is 4.44. The minimum atomic E-state index is -0.531. The highest BCUT2D eigenvalue weighted by Crippen LogP contribution is 2.25. The van der Waals surface area contributed by atoms with Gasteiger partial charge in [0.25, 0.3) is 5.91 Å². The Kier molecular flexibility index (Phi) is 9.00. The number of amides is 1. The minimum absolute atomic E-state index is 0.106. The monoisotopic (exact) mass is 481 g/mol. The Hall–Kier alpha value is -3.07. The van der Waals surface area contributed by atoms with Gasteiger partial charge in [0.2, 0.25) is 5.95 Å². The summed E-state index contributed by atoms with van der Waals surface area (Å²) >= 11 is 0. The predicted octanol–water partition coefficient (Wildman–Crippen LogP) is 2.60. The zero-order valence-electron chi connectivity index (χ0n) is 21.1. The molecule has 3 heterocycles. The van der Waals surface area contributed by atoms with Gasteiger partial charge in [0.1, 0.15) is 17.4 Å². The Bertz CT molecular complexity index is 896. The van der Waals surface area contributed by atoms with E-state index in [-0.39, 0.29) is 5.91 Å². The molecule has 190 valence electrons. The van der Waals surface area contributed by atoms with Gasteiger partial charge in [-0.25, -0.2) is 0 Å². The van der Waals surface area contributed by atoms with Crippen molar-refractivity contribution in [1.82, 2.24) is 20.2 Å². The van der Waals surface area contributed by atoms with Crippen LogP contribution in [-0.2, 0) is 4.79 Å². The molecule has 1 aromatic heterocycles. The second-order valence-corrected chi connectivity index (χ2v) is 9.39. The van der Waals surface area contributed by atoms with Gasteiger partial charge in [0, 0.05) is 58.4 Å². The summed E-state index contributed by atoms with van der Waals surface area (Å²) in [5.41, 5.74) is 0. The predicted molar refractivity (Wildman–Crippen MR) is 140 cm³/mol. The lowest BCUT2D eigenvalue weighted by atomic mass is 10.3. The largest absolute Gasteiger partial charge is 0.481 e. The molecule has 9 nitrogen and oxygen atoms in total. The van der Waals surface area contributed by atoms with Crippen molar-refractivity contribution in [3.8, 4) is 5.75 Å². The quantitative estimate of drug-likeness (QED) is 0.479. The molecule has 2 N–H and O–H groups in total. The molecule has 2 saturated heterocycles. The second-order valence-electron chi connectivity index (χ2n) is 9.39. The molecule has 1 unspecified atom stereocenters. The molecule has 2 aliphatic heterocycles. The average molecular weight is 482 g/mol. The number of rotatable bonds is 12. The zero-order valence-corrected chi connectivity index (χ0v) is 21.1. The maximum Gasteiger partial charge on any atom is 0.260 e. The normalized spacial score (nSPS) is 16.5. The van der Waals surface area contributed by atoms with Crippen molar-refractivity contribution in [1.29, 1.82) is 0 Å². The number of benzene rings is 1. The molecule has 1 atom stereocenters. The summed E-state index contributed by atoms with van der Waals surface area (Å²) in [7, 11) is 2.06. The van der Waals surface area contributed by atoms with E-state index >= 15 is 0 Å². The molecule has 0 saturated carbocycles. The van der Waals surface area contributed by atoms with E-state index in [4.69, 9.17) is 14.7 Å². The summed E-state index contributed by atoms with van der Waals surface area (Å²) in [5, 5.41) is 6.46. The molecule has 0 bridgehead atoms. The van der Waals surface area contributed by atoms with Crippen LogP contribution in [0.2, 0.25) is 0 Å². The summed E-state index contributed by atoms with van der Waals surface area (Å²) in [6.45, 7) is 8.92. The van der Waals surface area contributed by atoms with E-state index in [9.17, 15) is 4.79 Å². The molecule has 0 radical (unpaired) electrons. The Morgan fingerprint density at radius 2 is 1.66 bits per heavy atom. The first-order valence-corrected chi connectivity index (χ1v) is 12.9. The van der Waals surface area contributed by atoms with Crippen LogP contribution in [0, 0.1) is 0 Å². The van der Waals surface area contributed by atoms with Crippen LogP contribution in [0.1, 0.15) is 32.6 Å². The SMILES string of the molecule is CC(Oc1ccccc1)C(=O)NCCN(C)CCNc1cc(N2CCCC2)nc(N2CCCC2)n1. The van der Waals surface area contributed by atoms with Gasteiger partial charge < -0.3 is 30.1 Å². The molecular formula is C26H39N7O2. The highest BCUT2D eigenvalue weighted by Gasteiger charge is 2.20. The van der Waals surface area contributed by atoms with E-state index in [0.717, 1.165) is 63.4 Å². The number of likely N-dealkylation sites (N-methyl/N-ethyl adjacent to an activating group) is 1. The minimum Gasteiger partial charge on any atom is -0.481 e. The van der Waals surface area contributed by atoms with Gasteiger partial charge in [-0.1, -0.05) is 18.2 Å². The van der Waals surface area contributed by atoms with E-state index in [2.05, 4.69) is 38.4 Å². The highest BCUT2D eigenvalue weighted by atomic mass is 16.5. The first kappa shape index (κ1) is 25.0. The van der Waals surface area contributed by atoms with E-state index in [1.807, 2.05) is 30.3 Å². The van der Waals surface area contributed by atoms with Crippen LogP contribution in [-0.4, -0.2) is 86.3 Å². The topological polar surface area (TPSA) is 85.9 Å². The molecular weight excluding hydrogens is 442 g/mol. The number of para-hydroxylation sites is 1. The van der Waals surface area contributed by atoms with Crippen LogP contribution < -0.4 is 25.2 Å². The zero-order chi connectivity index (χ0) is 24.5. The maximum absolute atomic E-state index is 12.3. The van der Waals surface area contributed by atoms with Gasteiger partial charge in [0.05, 0.1) is 0 Å². The van der Waals surface area contributed by atoms with Crippen molar-refractivity contribution in [3.63, 3.8) is 0 Å². The lowest BCUT2D eigenvalue weighted by molar-refractivity contribution is -0.127. The third kappa shape index (κ3) is 7.45. The van der Waals surface area contributed by atoms with Gasteiger partial charge in [-0.3, -0.25) is 4.79 Å². The van der Waals surface area contributed by atoms with Crippen LogP contribution in [0.3, 0.4) is 0 Å². The fraction of sp³-hybridized carbons (Fsp3) is 0.577. The van der Waals surface area contributed by atoms with Gasteiger partial charge >= 0.3 is 0 Å². The molecule has 0 spiro atoms. The Labute approximate surface area is 208 Å². The van der Waals surface area contributed by atoms with Crippen molar-refractivity contribution in [2.24, 2.45) is 0 Å². The number of anilines is 3. The number of nitrogens with zero attached hydrogens (tertiary/aromatic N) is 5. The third-order valence-electron chi connectivity index (χ3n) is 6.54. The van der Waals surface area contributed by atoms with Crippen molar-refractivity contribution >= 4 is 23.5 Å². The molecule has 35 heavy (non-hydrogen) atoms. The molecule has 2 aromatic rings. The maximum atomic E-state index is 12.3. The average Bonchev–Trinajstić information content (AvgIpc) is 3.59. The summed E-state index contributed by atoms with van der Waals surface area (Å²) in [6.07, 6.45) is 4.34. The van der Waals surface area contributed by atoms with Gasteiger partial charge in [-0.05, 0) is 51.8 Å². The van der Waals surface area contributed by atoms with Crippen LogP contribution in [0.4, 0.5) is 17.6 Å². The summed E-state index contributed by atoms with van der Waals surface area (Å²) in [6, 6.07) is 11.5. The molecule has 9 heteroatoms. The number of hydrogen-bond acceptors (Lipinski definition) is 8. The van der Waals surface area contributed by atoms with Crippen LogP contribution in [0.15, 0.2) is 36.4 Å². The van der Waals surface area contributed by atoms with Gasteiger partial charge in [-0.2, -0.15) is 9.97 Å². The van der Waals surface area contributed by atoms with Crippen molar-refractivity contribution < 1.29 is 9.53 Å². The Balaban J connectivity index is 1.20.